The molecule has 0 fully saturated rings. The first kappa shape index (κ1) is 16.8. The topological polar surface area (TPSA) is 103 Å². The molecule has 0 saturated carbocycles. The molecule has 3 aromatic rings. The number of rotatable bonds is 3. The van der Waals surface area contributed by atoms with E-state index in [1.54, 1.807) is 6.20 Å². The van der Waals surface area contributed by atoms with Gasteiger partial charge < -0.3 is 11.1 Å². The molecule has 3 rings (SSSR count). The van der Waals surface area contributed by atoms with Crippen LogP contribution >= 0.6 is 0 Å². The Hall–Kier alpha value is -3.04. The van der Waals surface area contributed by atoms with Crippen molar-refractivity contribution in [3.63, 3.8) is 0 Å². The highest BCUT2D eigenvalue weighted by atomic mass is 19.3. The van der Waals surface area contributed by atoms with Crippen LogP contribution in [-0.4, -0.2) is 30.3 Å². The molecular weight excluding hydrogens is 332 g/mol. The summed E-state index contributed by atoms with van der Waals surface area (Å²) >= 11 is 0. The molecule has 8 nitrogen and oxygen atoms in total. The number of alkyl halides is 2. The molecule has 3 aromatic heterocycles. The van der Waals surface area contributed by atoms with Gasteiger partial charge in [0.15, 0.2) is 11.3 Å². The van der Waals surface area contributed by atoms with E-state index in [2.05, 4.69) is 20.5 Å². The van der Waals surface area contributed by atoms with Gasteiger partial charge in [0.2, 0.25) is 0 Å². The van der Waals surface area contributed by atoms with Crippen LogP contribution in [-0.2, 0) is 5.54 Å². The highest BCUT2D eigenvalue weighted by Gasteiger charge is 2.25. The molecule has 3 N–H and O–H groups in total. The predicted molar refractivity (Wildman–Crippen MR) is 87.5 cm³/mol. The van der Waals surface area contributed by atoms with Crippen LogP contribution in [0.1, 0.15) is 43.2 Å². The quantitative estimate of drug-likeness (QED) is 0.756. The maximum absolute atomic E-state index is 13.3. The highest BCUT2D eigenvalue weighted by molar-refractivity contribution is 6.08. The average molecular weight is 349 g/mol. The van der Waals surface area contributed by atoms with Gasteiger partial charge in [-0.25, -0.2) is 18.3 Å². The Balaban J connectivity index is 1.97. The number of carbonyl (C=O) groups is 1. The summed E-state index contributed by atoms with van der Waals surface area (Å²) in [6.45, 7) is 5.45. The van der Waals surface area contributed by atoms with Crippen LogP contribution in [0.5, 0.6) is 0 Å². The van der Waals surface area contributed by atoms with Crippen molar-refractivity contribution in [1.29, 1.82) is 0 Å². The van der Waals surface area contributed by atoms with Crippen molar-refractivity contribution in [1.82, 2.24) is 24.4 Å². The maximum Gasteiger partial charge on any atom is 0.284 e. The van der Waals surface area contributed by atoms with Crippen LogP contribution in [0.4, 0.5) is 20.3 Å². The number of nitrogen functional groups attached to an aromatic ring is 1. The summed E-state index contributed by atoms with van der Waals surface area (Å²) in [6.07, 6.45) is 1.41. The molecule has 0 spiro atoms. The van der Waals surface area contributed by atoms with Gasteiger partial charge >= 0.3 is 0 Å². The number of halogens is 2. The predicted octanol–water partition coefficient (Wildman–Crippen LogP) is 2.45. The third-order valence-electron chi connectivity index (χ3n) is 3.52. The molecule has 0 aromatic carbocycles. The molecule has 0 saturated heterocycles. The lowest BCUT2D eigenvalue weighted by molar-refractivity contribution is 0.102. The van der Waals surface area contributed by atoms with Crippen molar-refractivity contribution in [3.8, 4) is 0 Å². The molecule has 25 heavy (non-hydrogen) atoms. The maximum atomic E-state index is 13.3. The van der Waals surface area contributed by atoms with E-state index < -0.39 is 23.6 Å². The summed E-state index contributed by atoms with van der Waals surface area (Å²) in [5.74, 6) is -0.403. The Kier molecular flexibility index (Phi) is 3.90. The van der Waals surface area contributed by atoms with Crippen LogP contribution in [0.15, 0.2) is 24.7 Å². The van der Waals surface area contributed by atoms with Crippen molar-refractivity contribution in [3.05, 3.63) is 35.9 Å². The Bertz CT molecular complexity index is 939. The van der Waals surface area contributed by atoms with E-state index in [0.717, 1.165) is 0 Å². The summed E-state index contributed by atoms with van der Waals surface area (Å²) in [5.41, 5.74) is 4.92. The fourth-order valence-corrected chi connectivity index (χ4v) is 2.22. The highest BCUT2D eigenvalue weighted by Crippen LogP contribution is 2.28. The van der Waals surface area contributed by atoms with E-state index in [1.165, 1.54) is 27.7 Å². The minimum absolute atomic E-state index is 0.0572. The van der Waals surface area contributed by atoms with Gasteiger partial charge in [-0.2, -0.15) is 10.2 Å². The van der Waals surface area contributed by atoms with E-state index in [1.807, 2.05) is 20.8 Å². The molecule has 1 amide bonds. The number of hydrogen-bond donors (Lipinski definition) is 2. The zero-order chi connectivity index (χ0) is 18.4. The zero-order valence-corrected chi connectivity index (χ0v) is 13.9. The number of fused-ring (bicyclic) bond motifs is 1. The summed E-state index contributed by atoms with van der Waals surface area (Å²) in [5, 5.41) is 10.3. The summed E-state index contributed by atoms with van der Waals surface area (Å²) in [6, 6.07) is 1.53. The second kappa shape index (κ2) is 5.80. The SMILES string of the molecule is CC(C)(C)n1cc(NC(=O)c2cnn3ccc(N)nc23)c(C(F)F)n1. The van der Waals surface area contributed by atoms with Crippen molar-refractivity contribution in [2.45, 2.75) is 32.7 Å². The normalized spacial score (nSPS) is 12.1. The molecule has 132 valence electrons. The van der Waals surface area contributed by atoms with Gasteiger partial charge in [0.25, 0.3) is 12.3 Å². The molecule has 3 heterocycles. The average Bonchev–Trinajstić information content (AvgIpc) is 3.10. The van der Waals surface area contributed by atoms with Crippen LogP contribution in [0.25, 0.3) is 5.65 Å². The summed E-state index contributed by atoms with van der Waals surface area (Å²) in [7, 11) is 0. The number of nitrogens with two attached hydrogens (primary N) is 1. The second-order valence-electron chi connectivity index (χ2n) is 6.48. The van der Waals surface area contributed by atoms with Crippen molar-refractivity contribution in [2.24, 2.45) is 0 Å². The van der Waals surface area contributed by atoms with Crippen molar-refractivity contribution in [2.75, 3.05) is 11.1 Å². The first-order valence-electron chi connectivity index (χ1n) is 7.46. The fraction of sp³-hybridized carbons (Fsp3) is 0.333. The largest absolute Gasteiger partial charge is 0.384 e. The van der Waals surface area contributed by atoms with Gasteiger partial charge in [-0.1, -0.05) is 0 Å². The van der Waals surface area contributed by atoms with Crippen molar-refractivity contribution >= 4 is 23.1 Å². The first-order valence-corrected chi connectivity index (χ1v) is 7.46. The smallest absolute Gasteiger partial charge is 0.284 e. The standard InChI is InChI=1S/C15H17F2N7O/c1-15(2,3)24-7-9(11(22-24)12(16)17)20-14(25)8-6-19-23-5-4-10(18)21-13(8)23/h4-7,12H,1-3H3,(H2,18,21)(H,20,25). The van der Waals surface area contributed by atoms with Crippen molar-refractivity contribution < 1.29 is 13.6 Å². The number of nitrogens with zero attached hydrogens (tertiary/aromatic N) is 5. The zero-order valence-electron chi connectivity index (χ0n) is 13.9. The monoisotopic (exact) mass is 349 g/mol. The lowest BCUT2D eigenvalue weighted by Crippen LogP contribution is -2.22. The third kappa shape index (κ3) is 3.14. The first-order chi connectivity index (χ1) is 11.7. The molecule has 0 aliphatic heterocycles. The van der Waals surface area contributed by atoms with E-state index in [0.29, 0.717) is 0 Å². The van der Waals surface area contributed by atoms with Gasteiger partial charge in [0, 0.05) is 12.4 Å². The molecule has 0 radical (unpaired) electrons. The molecular formula is C15H17F2N7O. The Morgan fingerprint density at radius 3 is 2.72 bits per heavy atom. The lowest BCUT2D eigenvalue weighted by atomic mass is 10.1. The molecule has 0 aliphatic rings. The minimum atomic E-state index is -2.82. The fourth-order valence-electron chi connectivity index (χ4n) is 2.22. The number of aromatic nitrogens is 5. The molecule has 10 heteroatoms. The molecule has 0 bridgehead atoms. The third-order valence-corrected chi connectivity index (χ3v) is 3.52. The van der Waals surface area contributed by atoms with Crippen LogP contribution < -0.4 is 11.1 Å². The lowest BCUT2D eigenvalue weighted by Gasteiger charge is -2.18. The van der Waals surface area contributed by atoms with Crippen LogP contribution in [0.2, 0.25) is 0 Å². The van der Waals surface area contributed by atoms with Gasteiger partial charge in [0.05, 0.1) is 17.4 Å². The van der Waals surface area contributed by atoms with Gasteiger partial charge in [-0.3, -0.25) is 9.48 Å². The summed E-state index contributed by atoms with van der Waals surface area (Å²) < 4.78 is 29.3. The Morgan fingerprint density at radius 1 is 1.36 bits per heavy atom. The van der Waals surface area contributed by atoms with E-state index in [9.17, 15) is 13.6 Å². The second-order valence-corrected chi connectivity index (χ2v) is 6.48. The van der Waals surface area contributed by atoms with Crippen LogP contribution in [0.3, 0.4) is 0 Å². The Morgan fingerprint density at radius 2 is 2.08 bits per heavy atom. The number of amides is 1. The number of hydrogen-bond acceptors (Lipinski definition) is 5. The summed E-state index contributed by atoms with van der Waals surface area (Å²) in [4.78, 5) is 16.6. The molecule has 0 atom stereocenters. The number of carbonyl (C=O) groups excluding carboxylic acids is 1. The number of nitrogens with one attached hydrogen (secondary N) is 1. The van der Waals surface area contributed by atoms with Gasteiger partial charge in [-0.15, -0.1) is 0 Å². The molecule has 0 unspecified atom stereocenters. The van der Waals surface area contributed by atoms with Gasteiger partial charge in [0.1, 0.15) is 11.4 Å². The minimum Gasteiger partial charge on any atom is -0.384 e. The van der Waals surface area contributed by atoms with E-state index >= 15 is 0 Å². The Labute approximate surface area is 141 Å². The molecule has 0 aliphatic carbocycles. The number of anilines is 2. The van der Waals surface area contributed by atoms with E-state index in [-0.39, 0.29) is 22.7 Å². The van der Waals surface area contributed by atoms with Crippen LogP contribution in [0, 0.1) is 0 Å². The van der Waals surface area contributed by atoms with Gasteiger partial charge in [-0.05, 0) is 26.8 Å². The van der Waals surface area contributed by atoms with E-state index in [4.69, 9.17) is 5.73 Å².